The van der Waals surface area contributed by atoms with Gasteiger partial charge in [0, 0.05) is 0 Å². The first-order valence-corrected chi connectivity index (χ1v) is 6.85. The number of H-pyrrole nitrogens is 1. The summed E-state index contributed by atoms with van der Waals surface area (Å²) in [6, 6.07) is 0. The number of hydrogen-bond donors (Lipinski definition) is 2. The Morgan fingerprint density at radius 3 is 2.58 bits per heavy atom. The average molecular weight is 304 g/mol. The molecule has 1 heterocycles. The molecular weight excluding hydrogens is 288 g/mol. The van der Waals surface area contributed by atoms with Gasteiger partial charge in [-0.1, -0.05) is 11.3 Å². The summed E-state index contributed by atoms with van der Waals surface area (Å²) in [5.74, 6) is -0.569. The molecule has 0 fully saturated rings. The molecule has 0 aliphatic heterocycles. The Morgan fingerprint density at radius 1 is 1.42 bits per heavy atom. The van der Waals surface area contributed by atoms with Crippen LogP contribution in [0.2, 0.25) is 0 Å². The first kappa shape index (κ1) is 15.6. The van der Waals surface area contributed by atoms with Crippen LogP contribution in [0.5, 0.6) is 0 Å². The minimum Gasteiger partial charge on any atom is -0.461 e. The van der Waals surface area contributed by atoms with Crippen molar-refractivity contribution in [2.24, 2.45) is 0 Å². The van der Waals surface area contributed by atoms with Crippen LogP contribution in [0, 0.1) is 3.95 Å². The van der Waals surface area contributed by atoms with E-state index in [0.29, 0.717) is 3.95 Å². The number of aromatic amines is 1. The number of anilines is 1. The van der Waals surface area contributed by atoms with Crippen molar-refractivity contribution in [2.75, 3.05) is 11.9 Å². The van der Waals surface area contributed by atoms with Crippen molar-refractivity contribution >= 4 is 40.6 Å². The fraction of sp³-hybridized carbons (Fsp3) is 0.545. The van der Waals surface area contributed by atoms with Crippen LogP contribution in [0.15, 0.2) is 0 Å². The third kappa shape index (κ3) is 4.99. The number of nitrogens with one attached hydrogen (secondary N) is 2. The van der Waals surface area contributed by atoms with E-state index in [2.05, 4.69) is 10.3 Å². The molecule has 19 heavy (non-hydrogen) atoms. The molecule has 0 saturated heterocycles. The second-order valence-electron chi connectivity index (χ2n) is 4.57. The number of amides is 1. The summed E-state index contributed by atoms with van der Waals surface area (Å²) in [5.41, 5.74) is -0.492. The van der Waals surface area contributed by atoms with Gasteiger partial charge in [0.25, 0.3) is 0 Å². The van der Waals surface area contributed by atoms with Crippen molar-refractivity contribution in [3.63, 3.8) is 0 Å². The van der Waals surface area contributed by atoms with E-state index in [1.165, 1.54) is 0 Å². The summed E-state index contributed by atoms with van der Waals surface area (Å²) >= 11 is 6.02. The second kappa shape index (κ2) is 6.16. The van der Waals surface area contributed by atoms with E-state index in [1.54, 1.807) is 27.7 Å². The van der Waals surface area contributed by atoms with Gasteiger partial charge < -0.3 is 14.5 Å². The van der Waals surface area contributed by atoms with Crippen LogP contribution in [-0.4, -0.2) is 29.3 Å². The molecular formula is C11H16N2O4S2. The number of esters is 1. The monoisotopic (exact) mass is 304 g/mol. The number of rotatable bonds is 3. The van der Waals surface area contributed by atoms with Crippen molar-refractivity contribution in [3.8, 4) is 0 Å². The lowest BCUT2D eigenvalue weighted by molar-refractivity contribution is 0.0521. The molecule has 0 aliphatic rings. The summed E-state index contributed by atoms with van der Waals surface area (Å²) in [6.07, 6.45) is -0.650. The second-order valence-corrected chi connectivity index (χ2v) is 6.25. The van der Waals surface area contributed by atoms with Gasteiger partial charge in [-0.15, -0.1) is 0 Å². The minimum absolute atomic E-state index is 0.128. The van der Waals surface area contributed by atoms with Crippen LogP contribution >= 0.6 is 23.6 Å². The van der Waals surface area contributed by atoms with E-state index in [4.69, 9.17) is 21.7 Å². The van der Waals surface area contributed by atoms with E-state index >= 15 is 0 Å². The van der Waals surface area contributed by atoms with E-state index in [1.807, 2.05) is 0 Å². The molecule has 0 atom stereocenters. The lowest BCUT2D eigenvalue weighted by Gasteiger charge is -2.19. The van der Waals surface area contributed by atoms with Crippen LogP contribution in [0.4, 0.5) is 9.80 Å². The lowest BCUT2D eigenvalue weighted by atomic mass is 10.2. The molecule has 1 amide bonds. The summed E-state index contributed by atoms with van der Waals surface area (Å²) in [4.78, 5) is 26.0. The molecule has 1 aromatic rings. The molecule has 8 heteroatoms. The molecule has 0 aliphatic carbocycles. The SMILES string of the molecule is CCOC(=O)c1[nH]c(=S)sc1NC(=O)OC(C)(C)C. The molecule has 0 bridgehead atoms. The molecule has 1 aromatic heterocycles. The van der Waals surface area contributed by atoms with Gasteiger partial charge in [-0.05, 0) is 39.9 Å². The van der Waals surface area contributed by atoms with Gasteiger partial charge in [-0.3, -0.25) is 5.32 Å². The lowest BCUT2D eigenvalue weighted by Crippen LogP contribution is -2.27. The normalized spacial score (nSPS) is 10.9. The topological polar surface area (TPSA) is 80.4 Å². The van der Waals surface area contributed by atoms with Crippen molar-refractivity contribution in [2.45, 2.75) is 33.3 Å². The van der Waals surface area contributed by atoms with E-state index in [0.717, 1.165) is 11.3 Å². The fourth-order valence-electron chi connectivity index (χ4n) is 1.16. The number of thiazole rings is 1. The molecule has 0 radical (unpaired) electrons. The van der Waals surface area contributed by atoms with Crippen LogP contribution < -0.4 is 5.32 Å². The van der Waals surface area contributed by atoms with E-state index in [-0.39, 0.29) is 17.3 Å². The highest BCUT2D eigenvalue weighted by Crippen LogP contribution is 2.23. The van der Waals surface area contributed by atoms with Gasteiger partial charge in [-0.25, -0.2) is 9.59 Å². The smallest absolute Gasteiger partial charge is 0.412 e. The highest BCUT2D eigenvalue weighted by atomic mass is 32.1. The van der Waals surface area contributed by atoms with E-state index in [9.17, 15) is 9.59 Å². The summed E-state index contributed by atoms with van der Waals surface area (Å²) < 4.78 is 10.3. The number of carbonyl (C=O) groups is 2. The Hall–Kier alpha value is -1.41. The van der Waals surface area contributed by atoms with E-state index < -0.39 is 17.7 Å². The summed E-state index contributed by atoms with van der Waals surface area (Å²) in [7, 11) is 0. The third-order valence-electron chi connectivity index (χ3n) is 1.74. The van der Waals surface area contributed by atoms with Crippen molar-refractivity contribution in [1.29, 1.82) is 0 Å². The highest BCUT2D eigenvalue weighted by molar-refractivity contribution is 7.73. The quantitative estimate of drug-likeness (QED) is 0.661. The van der Waals surface area contributed by atoms with Gasteiger partial charge in [0.05, 0.1) is 6.61 Å². The fourth-order valence-corrected chi connectivity index (χ4v) is 2.22. The van der Waals surface area contributed by atoms with Crippen LogP contribution in [0.1, 0.15) is 38.2 Å². The Kier molecular flexibility index (Phi) is 5.07. The maximum Gasteiger partial charge on any atom is 0.412 e. The summed E-state index contributed by atoms with van der Waals surface area (Å²) in [5, 5.41) is 2.78. The van der Waals surface area contributed by atoms with Crippen LogP contribution in [0.3, 0.4) is 0 Å². The molecule has 0 aromatic carbocycles. The van der Waals surface area contributed by atoms with Gasteiger partial charge >= 0.3 is 12.1 Å². The Labute approximate surface area is 120 Å². The highest BCUT2D eigenvalue weighted by Gasteiger charge is 2.21. The van der Waals surface area contributed by atoms with Crippen molar-refractivity contribution < 1.29 is 19.1 Å². The van der Waals surface area contributed by atoms with Crippen molar-refractivity contribution in [3.05, 3.63) is 9.65 Å². The van der Waals surface area contributed by atoms with Crippen molar-refractivity contribution in [1.82, 2.24) is 4.98 Å². The zero-order valence-corrected chi connectivity index (χ0v) is 12.8. The Morgan fingerprint density at radius 2 is 2.05 bits per heavy atom. The van der Waals surface area contributed by atoms with Gasteiger partial charge in [-0.2, -0.15) is 0 Å². The molecule has 6 nitrogen and oxygen atoms in total. The predicted octanol–water partition coefficient (Wildman–Crippen LogP) is 3.33. The largest absolute Gasteiger partial charge is 0.461 e. The molecule has 0 unspecified atom stereocenters. The molecule has 2 N–H and O–H groups in total. The zero-order chi connectivity index (χ0) is 14.6. The summed E-state index contributed by atoms with van der Waals surface area (Å²) in [6.45, 7) is 7.18. The maximum absolute atomic E-state index is 11.7. The zero-order valence-electron chi connectivity index (χ0n) is 11.2. The minimum atomic E-state index is -0.650. The van der Waals surface area contributed by atoms with Crippen LogP contribution in [-0.2, 0) is 9.47 Å². The first-order chi connectivity index (χ1) is 8.73. The molecule has 0 saturated carbocycles. The molecule has 106 valence electrons. The molecule has 0 spiro atoms. The predicted molar refractivity (Wildman–Crippen MR) is 75.3 cm³/mol. The average Bonchev–Trinajstić information content (AvgIpc) is 2.56. The third-order valence-corrected chi connectivity index (χ3v) is 2.89. The van der Waals surface area contributed by atoms with Gasteiger partial charge in [0.1, 0.15) is 10.6 Å². The Bertz CT molecular complexity index is 528. The maximum atomic E-state index is 11.7. The number of ether oxygens (including phenoxy) is 2. The first-order valence-electron chi connectivity index (χ1n) is 5.63. The van der Waals surface area contributed by atoms with Gasteiger partial charge in [0.15, 0.2) is 9.65 Å². The number of aromatic nitrogens is 1. The van der Waals surface area contributed by atoms with Gasteiger partial charge in [0.2, 0.25) is 0 Å². The number of carbonyl (C=O) groups excluding carboxylic acids is 2. The number of hydrogen-bond acceptors (Lipinski definition) is 6. The standard InChI is InChI=1S/C11H16N2O4S2/c1-5-16-8(14)6-7(19-10(18)12-6)13-9(15)17-11(2,3)4/h5H2,1-4H3,(H,12,18)(H,13,15). The van der Waals surface area contributed by atoms with Crippen LogP contribution in [0.25, 0.3) is 0 Å². The Balaban J connectivity index is 2.87. The molecule has 1 rings (SSSR count).